The van der Waals surface area contributed by atoms with E-state index in [0.717, 1.165) is 26.1 Å². The van der Waals surface area contributed by atoms with Gasteiger partial charge in [-0.05, 0) is 49.1 Å². The van der Waals surface area contributed by atoms with Crippen LogP contribution in [0, 0.1) is 0 Å². The van der Waals surface area contributed by atoms with E-state index in [9.17, 15) is 0 Å². The van der Waals surface area contributed by atoms with Crippen LogP contribution in [0.3, 0.4) is 0 Å². The zero-order valence-corrected chi connectivity index (χ0v) is 10.3. The van der Waals surface area contributed by atoms with E-state index >= 15 is 0 Å². The summed E-state index contributed by atoms with van der Waals surface area (Å²) in [7, 11) is 0. The molecule has 2 heteroatoms. The van der Waals surface area contributed by atoms with Gasteiger partial charge in [-0.1, -0.05) is 24.3 Å². The summed E-state index contributed by atoms with van der Waals surface area (Å²) < 4.78 is 5.46. The minimum Gasteiger partial charge on any atom is -0.379 e. The molecule has 1 saturated heterocycles. The molecule has 1 aliphatic carbocycles. The Kier molecular flexibility index (Phi) is 2.93. The van der Waals surface area contributed by atoms with Gasteiger partial charge in [0.15, 0.2) is 0 Å². The summed E-state index contributed by atoms with van der Waals surface area (Å²) in [5.74, 6) is 0.645. The highest BCUT2D eigenvalue weighted by atomic mass is 16.5. The Hall–Kier alpha value is -0.860. The van der Waals surface area contributed by atoms with Gasteiger partial charge >= 0.3 is 0 Å². The Bertz CT molecular complexity index is 396. The van der Waals surface area contributed by atoms with Crippen molar-refractivity contribution < 1.29 is 4.74 Å². The highest BCUT2D eigenvalue weighted by Crippen LogP contribution is 2.38. The molecule has 1 aromatic rings. The first-order chi connectivity index (χ1) is 8.27. The van der Waals surface area contributed by atoms with Crippen molar-refractivity contribution in [3.8, 4) is 0 Å². The molecule has 0 saturated carbocycles. The van der Waals surface area contributed by atoms with E-state index in [2.05, 4.69) is 24.3 Å². The first-order valence-corrected chi connectivity index (χ1v) is 6.71. The van der Waals surface area contributed by atoms with Crippen LogP contribution < -0.4 is 5.73 Å². The fourth-order valence-electron chi connectivity index (χ4n) is 3.34. The van der Waals surface area contributed by atoms with Gasteiger partial charge in [0.1, 0.15) is 0 Å². The summed E-state index contributed by atoms with van der Waals surface area (Å²) in [4.78, 5) is 0. The fourth-order valence-corrected chi connectivity index (χ4v) is 3.34. The maximum Gasteiger partial charge on any atom is 0.0647 e. The summed E-state index contributed by atoms with van der Waals surface area (Å²) >= 11 is 0. The van der Waals surface area contributed by atoms with Crippen LogP contribution in [-0.2, 0) is 11.2 Å². The molecule has 1 fully saturated rings. The molecular weight excluding hydrogens is 210 g/mol. The lowest BCUT2D eigenvalue weighted by Gasteiger charge is -2.32. The maximum absolute atomic E-state index is 6.42. The van der Waals surface area contributed by atoms with Crippen molar-refractivity contribution in [1.82, 2.24) is 0 Å². The second-order valence-electron chi connectivity index (χ2n) is 5.66. The summed E-state index contributed by atoms with van der Waals surface area (Å²) in [6.45, 7) is 1.58. The highest BCUT2D eigenvalue weighted by Gasteiger charge is 2.34. The van der Waals surface area contributed by atoms with E-state index in [1.807, 2.05) is 0 Å². The zero-order valence-electron chi connectivity index (χ0n) is 10.3. The lowest BCUT2D eigenvalue weighted by atomic mass is 9.76. The largest absolute Gasteiger partial charge is 0.379 e. The first kappa shape index (κ1) is 11.2. The van der Waals surface area contributed by atoms with Gasteiger partial charge in [-0.3, -0.25) is 0 Å². The van der Waals surface area contributed by atoms with Crippen molar-refractivity contribution in [2.75, 3.05) is 13.2 Å². The normalized spacial score (nSPS) is 32.4. The van der Waals surface area contributed by atoms with E-state index in [1.165, 1.54) is 30.4 Å². The predicted octanol–water partition coefficient (Wildman–Crippen LogP) is 2.61. The van der Waals surface area contributed by atoms with Crippen LogP contribution in [0.25, 0.3) is 0 Å². The molecule has 2 nitrogen and oxygen atoms in total. The van der Waals surface area contributed by atoms with E-state index in [-0.39, 0.29) is 5.54 Å². The second kappa shape index (κ2) is 4.43. The molecule has 0 amide bonds. The minimum absolute atomic E-state index is 0.0743. The van der Waals surface area contributed by atoms with Crippen LogP contribution in [0.4, 0.5) is 0 Å². The van der Waals surface area contributed by atoms with Crippen molar-refractivity contribution in [3.63, 3.8) is 0 Å². The fraction of sp³-hybridized carbons (Fsp3) is 0.600. The van der Waals surface area contributed by atoms with Gasteiger partial charge < -0.3 is 10.5 Å². The Labute approximate surface area is 103 Å². The van der Waals surface area contributed by atoms with Crippen LogP contribution in [0.2, 0.25) is 0 Å². The standard InChI is InChI=1S/C15H21NO/c16-15(8-9-17-11-15)10-13-6-3-5-12-4-1-2-7-14(12)13/h1-2,4,7,13H,3,5-6,8-11,16H2. The van der Waals surface area contributed by atoms with Crippen molar-refractivity contribution in [1.29, 1.82) is 0 Å². The van der Waals surface area contributed by atoms with Crippen LogP contribution in [0.15, 0.2) is 24.3 Å². The summed E-state index contributed by atoms with van der Waals surface area (Å²) in [6.07, 6.45) is 5.94. The molecule has 92 valence electrons. The van der Waals surface area contributed by atoms with Gasteiger partial charge in [0.25, 0.3) is 0 Å². The molecule has 17 heavy (non-hydrogen) atoms. The van der Waals surface area contributed by atoms with Gasteiger partial charge in [0.2, 0.25) is 0 Å². The summed E-state index contributed by atoms with van der Waals surface area (Å²) in [5.41, 5.74) is 9.42. The number of benzene rings is 1. The molecule has 2 unspecified atom stereocenters. The number of nitrogens with two attached hydrogens (primary N) is 1. The Morgan fingerprint density at radius 2 is 2.24 bits per heavy atom. The molecule has 2 atom stereocenters. The van der Waals surface area contributed by atoms with Gasteiger partial charge in [-0.15, -0.1) is 0 Å². The zero-order chi connectivity index (χ0) is 11.7. The molecule has 2 N–H and O–H groups in total. The lowest BCUT2D eigenvalue weighted by Crippen LogP contribution is -2.42. The molecule has 1 aromatic carbocycles. The molecule has 1 heterocycles. The van der Waals surface area contributed by atoms with Gasteiger partial charge in [-0.25, -0.2) is 0 Å². The lowest BCUT2D eigenvalue weighted by molar-refractivity contribution is 0.172. The van der Waals surface area contributed by atoms with Gasteiger partial charge in [0.05, 0.1) is 6.61 Å². The number of ether oxygens (including phenoxy) is 1. The summed E-state index contributed by atoms with van der Waals surface area (Å²) in [5, 5.41) is 0. The van der Waals surface area contributed by atoms with E-state index < -0.39 is 0 Å². The Morgan fingerprint density at radius 3 is 3.06 bits per heavy atom. The van der Waals surface area contributed by atoms with Crippen LogP contribution in [0.5, 0.6) is 0 Å². The van der Waals surface area contributed by atoms with Crippen molar-refractivity contribution >= 4 is 0 Å². The number of aryl methyl sites for hydroxylation is 1. The molecule has 3 rings (SSSR count). The monoisotopic (exact) mass is 231 g/mol. The third kappa shape index (κ3) is 2.24. The highest BCUT2D eigenvalue weighted by molar-refractivity contribution is 5.33. The van der Waals surface area contributed by atoms with E-state index in [1.54, 1.807) is 0 Å². The Balaban J connectivity index is 1.81. The third-order valence-corrected chi connectivity index (χ3v) is 4.28. The molecular formula is C15H21NO. The van der Waals surface area contributed by atoms with E-state index in [0.29, 0.717) is 5.92 Å². The SMILES string of the molecule is NC1(CC2CCCc3ccccc32)CCOC1. The molecule has 1 aliphatic heterocycles. The third-order valence-electron chi connectivity index (χ3n) is 4.28. The average Bonchev–Trinajstić information content (AvgIpc) is 2.76. The number of fused-ring (bicyclic) bond motifs is 1. The minimum atomic E-state index is -0.0743. The van der Waals surface area contributed by atoms with Crippen molar-refractivity contribution in [3.05, 3.63) is 35.4 Å². The number of rotatable bonds is 2. The van der Waals surface area contributed by atoms with Gasteiger partial charge in [-0.2, -0.15) is 0 Å². The molecule has 0 bridgehead atoms. The molecule has 0 radical (unpaired) electrons. The van der Waals surface area contributed by atoms with Crippen LogP contribution in [-0.4, -0.2) is 18.8 Å². The Morgan fingerprint density at radius 1 is 1.35 bits per heavy atom. The van der Waals surface area contributed by atoms with Crippen LogP contribution >= 0.6 is 0 Å². The summed E-state index contributed by atoms with van der Waals surface area (Å²) in [6, 6.07) is 8.87. The molecule has 0 aromatic heterocycles. The smallest absolute Gasteiger partial charge is 0.0647 e. The first-order valence-electron chi connectivity index (χ1n) is 6.71. The van der Waals surface area contributed by atoms with Crippen molar-refractivity contribution in [2.45, 2.75) is 43.6 Å². The number of hydrogen-bond donors (Lipinski definition) is 1. The topological polar surface area (TPSA) is 35.2 Å². The second-order valence-corrected chi connectivity index (χ2v) is 5.66. The molecule has 0 spiro atoms. The quantitative estimate of drug-likeness (QED) is 0.849. The van der Waals surface area contributed by atoms with E-state index in [4.69, 9.17) is 10.5 Å². The average molecular weight is 231 g/mol. The maximum atomic E-state index is 6.42. The molecule has 2 aliphatic rings. The predicted molar refractivity (Wildman–Crippen MR) is 69.1 cm³/mol. The number of hydrogen-bond acceptors (Lipinski definition) is 2. The van der Waals surface area contributed by atoms with Crippen LogP contribution in [0.1, 0.15) is 42.7 Å². The van der Waals surface area contributed by atoms with Gasteiger partial charge in [0, 0.05) is 12.1 Å². The van der Waals surface area contributed by atoms with Crippen molar-refractivity contribution in [2.24, 2.45) is 5.73 Å².